The van der Waals surface area contributed by atoms with Crippen LogP contribution in [0.25, 0.3) is 11.1 Å². The second kappa shape index (κ2) is 10.1. The van der Waals surface area contributed by atoms with E-state index in [4.69, 9.17) is 11.6 Å². The lowest BCUT2D eigenvalue weighted by atomic mass is 9.84. The van der Waals surface area contributed by atoms with Crippen molar-refractivity contribution in [1.29, 1.82) is 0 Å². The highest BCUT2D eigenvalue weighted by Gasteiger charge is 2.29. The van der Waals surface area contributed by atoms with Crippen LogP contribution in [0.1, 0.15) is 31.7 Å². The van der Waals surface area contributed by atoms with Gasteiger partial charge in [0.1, 0.15) is 4.21 Å². The van der Waals surface area contributed by atoms with Gasteiger partial charge >= 0.3 is 0 Å². The van der Waals surface area contributed by atoms with Crippen LogP contribution in [-0.4, -0.2) is 26.2 Å². The normalized spacial score (nSPS) is 14.0. The molecular weight excluding hydrogens is 438 g/mol. The van der Waals surface area contributed by atoms with Crippen molar-refractivity contribution in [3.63, 3.8) is 0 Å². The summed E-state index contributed by atoms with van der Waals surface area (Å²) in [7, 11) is -3.77. The maximum absolute atomic E-state index is 12.8. The van der Waals surface area contributed by atoms with Crippen molar-refractivity contribution in [2.24, 2.45) is 5.92 Å². The summed E-state index contributed by atoms with van der Waals surface area (Å²) in [6.07, 6.45) is 0.740. The van der Waals surface area contributed by atoms with E-state index in [1.54, 1.807) is 6.07 Å². The summed E-state index contributed by atoms with van der Waals surface area (Å²) < 4.78 is 28.9. The fraction of sp³-hybridized carbons (Fsp3) is 0.304. The van der Waals surface area contributed by atoms with Crippen LogP contribution in [-0.2, 0) is 10.0 Å². The van der Waals surface area contributed by atoms with Gasteiger partial charge in [0.15, 0.2) is 0 Å². The van der Waals surface area contributed by atoms with Crippen molar-refractivity contribution in [2.75, 3.05) is 6.61 Å². The van der Waals surface area contributed by atoms with E-state index in [0.717, 1.165) is 34.4 Å². The highest BCUT2D eigenvalue weighted by atomic mass is 35.5. The molecule has 3 aromatic rings. The van der Waals surface area contributed by atoms with Crippen molar-refractivity contribution in [1.82, 2.24) is 4.72 Å². The molecule has 3 rings (SSSR count). The predicted molar refractivity (Wildman–Crippen MR) is 125 cm³/mol. The molecular formula is C23H26ClNO3S2. The number of hydrogen-bond donors (Lipinski definition) is 2. The molecule has 7 heteroatoms. The minimum absolute atomic E-state index is 0.147. The highest BCUT2D eigenvalue weighted by molar-refractivity contribution is 7.91. The molecule has 0 saturated heterocycles. The maximum atomic E-state index is 12.8. The van der Waals surface area contributed by atoms with E-state index in [1.165, 1.54) is 6.07 Å². The molecule has 2 atom stereocenters. The minimum Gasteiger partial charge on any atom is -0.395 e. The van der Waals surface area contributed by atoms with Gasteiger partial charge in [-0.05, 0) is 41.2 Å². The molecule has 0 bridgehead atoms. The molecule has 0 radical (unpaired) electrons. The molecule has 0 fully saturated rings. The zero-order valence-electron chi connectivity index (χ0n) is 17.0. The van der Waals surface area contributed by atoms with Crippen LogP contribution in [0, 0.1) is 5.92 Å². The Morgan fingerprint density at radius 2 is 1.60 bits per heavy atom. The van der Waals surface area contributed by atoms with Crippen LogP contribution in [0.4, 0.5) is 0 Å². The van der Waals surface area contributed by atoms with Crippen LogP contribution in [0.2, 0.25) is 4.34 Å². The Hall–Kier alpha value is -1.70. The number of aliphatic hydroxyl groups is 1. The van der Waals surface area contributed by atoms with Gasteiger partial charge in [-0.3, -0.25) is 0 Å². The fourth-order valence-electron chi connectivity index (χ4n) is 3.54. The van der Waals surface area contributed by atoms with Crippen LogP contribution in [0.15, 0.2) is 70.9 Å². The number of rotatable bonds is 9. The summed E-state index contributed by atoms with van der Waals surface area (Å²) in [5, 5.41) is 10.1. The average Bonchev–Trinajstić information content (AvgIpc) is 3.18. The lowest BCUT2D eigenvalue weighted by Crippen LogP contribution is -2.42. The van der Waals surface area contributed by atoms with Gasteiger partial charge in [0.2, 0.25) is 10.0 Å². The summed E-state index contributed by atoms with van der Waals surface area (Å²) >= 11 is 6.91. The van der Waals surface area contributed by atoms with Gasteiger partial charge in [0.25, 0.3) is 0 Å². The monoisotopic (exact) mass is 463 g/mol. The van der Waals surface area contributed by atoms with E-state index in [2.05, 4.69) is 30.7 Å². The summed E-state index contributed by atoms with van der Waals surface area (Å²) in [4.78, 5) is 0. The van der Waals surface area contributed by atoms with E-state index in [1.807, 2.05) is 42.5 Å². The lowest BCUT2D eigenvalue weighted by Gasteiger charge is -2.28. The first kappa shape index (κ1) is 23.0. The molecule has 2 aromatic carbocycles. The first-order valence-corrected chi connectivity index (χ1v) is 12.5. The zero-order valence-corrected chi connectivity index (χ0v) is 19.3. The predicted octanol–water partition coefficient (Wildman–Crippen LogP) is 5.54. The molecule has 0 aliphatic rings. The third-order valence-electron chi connectivity index (χ3n) is 4.97. The number of sulfonamides is 1. The third kappa shape index (κ3) is 5.71. The molecule has 1 heterocycles. The SMILES string of the molecule is CC(C)C[C@@H](c1ccc(-c2ccccc2)cc1)[C@@H](CO)NS(=O)(=O)c1ccc(Cl)s1. The van der Waals surface area contributed by atoms with E-state index < -0.39 is 16.1 Å². The second-order valence-corrected chi connectivity index (χ2v) is 11.3. The molecule has 30 heavy (non-hydrogen) atoms. The fourth-order valence-corrected chi connectivity index (χ4v) is 6.31. The second-order valence-electron chi connectivity index (χ2n) is 7.69. The van der Waals surface area contributed by atoms with E-state index in [9.17, 15) is 13.5 Å². The molecule has 160 valence electrons. The molecule has 2 N–H and O–H groups in total. The van der Waals surface area contributed by atoms with Crippen molar-refractivity contribution in [3.8, 4) is 11.1 Å². The molecule has 0 saturated carbocycles. The summed E-state index contributed by atoms with van der Waals surface area (Å²) in [5.74, 6) is 0.170. The Balaban J connectivity index is 1.88. The Morgan fingerprint density at radius 3 is 2.13 bits per heavy atom. The summed E-state index contributed by atoms with van der Waals surface area (Å²) in [5.41, 5.74) is 3.21. The van der Waals surface area contributed by atoms with Crippen LogP contribution < -0.4 is 4.72 Å². The standard InChI is InChI=1S/C23H26ClNO3S2/c1-16(2)14-20(19-10-8-18(9-11-19)17-6-4-3-5-7-17)21(15-26)25-30(27,28)23-13-12-22(24)29-23/h3-13,16,20-21,25-26H,14-15H2,1-2H3/t20-,21+/m0/s1. The van der Waals surface area contributed by atoms with Gasteiger partial charge in [0.05, 0.1) is 17.0 Å². The van der Waals surface area contributed by atoms with Crippen molar-refractivity contribution < 1.29 is 13.5 Å². The molecule has 1 aromatic heterocycles. The van der Waals surface area contributed by atoms with Crippen molar-refractivity contribution >= 4 is 33.0 Å². The average molecular weight is 464 g/mol. The lowest BCUT2D eigenvalue weighted by molar-refractivity contribution is 0.229. The van der Waals surface area contributed by atoms with E-state index in [-0.39, 0.29) is 16.7 Å². The Kier molecular flexibility index (Phi) is 7.71. The topological polar surface area (TPSA) is 66.4 Å². The van der Waals surface area contributed by atoms with Crippen LogP contribution >= 0.6 is 22.9 Å². The number of hydrogen-bond acceptors (Lipinski definition) is 4. The Labute approximate surface area is 187 Å². The Bertz CT molecular complexity index is 1050. The third-order valence-corrected chi connectivity index (χ3v) is 8.19. The maximum Gasteiger partial charge on any atom is 0.250 e. The van der Waals surface area contributed by atoms with Crippen LogP contribution in [0.3, 0.4) is 0 Å². The van der Waals surface area contributed by atoms with Crippen molar-refractivity contribution in [3.05, 3.63) is 76.6 Å². The highest BCUT2D eigenvalue weighted by Crippen LogP contribution is 2.31. The number of thiophene rings is 1. The van der Waals surface area contributed by atoms with Gasteiger partial charge < -0.3 is 5.11 Å². The van der Waals surface area contributed by atoms with Gasteiger partial charge in [-0.2, -0.15) is 0 Å². The number of halogens is 1. The molecule has 0 aliphatic heterocycles. The van der Waals surface area contributed by atoms with Gasteiger partial charge in [-0.25, -0.2) is 13.1 Å². The van der Waals surface area contributed by atoms with Crippen molar-refractivity contribution in [2.45, 2.75) is 36.4 Å². The van der Waals surface area contributed by atoms with Crippen LogP contribution in [0.5, 0.6) is 0 Å². The summed E-state index contributed by atoms with van der Waals surface area (Å²) in [6, 6.07) is 20.6. The number of nitrogens with one attached hydrogen (secondary N) is 1. The molecule has 0 unspecified atom stereocenters. The van der Waals surface area contributed by atoms with E-state index >= 15 is 0 Å². The molecule has 0 spiro atoms. The zero-order chi connectivity index (χ0) is 21.7. The first-order chi connectivity index (χ1) is 14.3. The first-order valence-electron chi connectivity index (χ1n) is 9.84. The number of aliphatic hydroxyl groups excluding tert-OH is 1. The van der Waals surface area contributed by atoms with E-state index in [0.29, 0.717) is 10.3 Å². The quantitative estimate of drug-likeness (QED) is 0.438. The smallest absolute Gasteiger partial charge is 0.250 e. The van der Waals surface area contributed by atoms with Gasteiger partial charge in [0, 0.05) is 5.92 Å². The Morgan fingerprint density at radius 1 is 0.967 bits per heavy atom. The number of benzene rings is 2. The molecule has 0 aliphatic carbocycles. The molecule has 0 amide bonds. The molecule has 4 nitrogen and oxygen atoms in total. The summed E-state index contributed by atoms with van der Waals surface area (Å²) in [6.45, 7) is 3.89. The van der Waals surface area contributed by atoms with Gasteiger partial charge in [-0.15, -0.1) is 11.3 Å². The minimum atomic E-state index is -3.77. The largest absolute Gasteiger partial charge is 0.395 e. The van der Waals surface area contributed by atoms with Gasteiger partial charge in [-0.1, -0.05) is 80.0 Å².